The smallest absolute Gasteiger partial charge is 0.252 e. The summed E-state index contributed by atoms with van der Waals surface area (Å²) < 4.78 is 12.9. The predicted octanol–water partition coefficient (Wildman–Crippen LogP) is 2.68. The van der Waals surface area contributed by atoms with Crippen molar-refractivity contribution in [3.8, 4) is 11.8 Å². The van der Waals surface area contributed by atoms with Crippen LogP contribution in [0.25, 0.3) is 5.78 Å². The van der Waals surface area contributed by atoms with Crippen molar-refractivity contribution in [2.24, 2.45) is 15.0 Å². The number of nitriles is 1. The second-order valence-electron chi connectivity index (χ2n) is 10.4. The number of ether oxygens (including phenoxy) is 2. The van der Waals surface area contributed by atoms with Crippen LogP contribution in [0, 0.1) is 11.3 Å². The molecule has 0 bridgehead atoms. The van der Waals surface area contributed by atoms with E-state index in [2.05, 4.69) is 70.1 Å². The number of hydrogen-bond donors (Lipinski definition) is 1. The quantitative estimate of drug-likeness (QED) is 0.242. The van der Waals surface area contributed by atoms with Crippen LogP contribution in [0.5, 0.6) is 5.75 Å². The van der Waals surface area contributed by atoms with Crippen molar-refractivity contribution in [3.63, 3.8) is 0 Å². The van der Waals surface area contributed by atoms with Gasteiger partial charge < -0.3 is 19.7 Å². The average Bonchev–Trinajstić information content (AvgIpc) is 3.51. The van der Waals surface area contributed by atoms with Crippen LogP contribution in [-0.4, -0.2) is 102 Å². The van der Waals surface area contributed by atoms with Crippen LogP contribution in [-0.2, 0) is 11.2 Å². The van der Waals surface area contributed by atoms with Crippen LogP contribution in [0.2, 0.25) is 0 Å². The topological polar surface area (TPSA) is 141 Å². The Bertz CT molecular complexity index is 1710. The molecule has 44 heavy (non-hydrogen) atoms. The maximum atomic E-state index is 9.81. The number of rotatable bonds is 8. The highest BCUT2D eigenvalue weighted by Gasteiger charge is 2.28. The summed E-state index contributed by atoms with van der Waals surface area (Å²) in [6.07, 6.45) is 5.64. The van der Waals surface area contributed by atoms with Crippen LogP contribution in [0.4, 0.5) is 11.4 Å². The SMILES string of the molecule is C=NC(=NC(=NC)Nc1ccc(N2CCN(C3COC3)CC2)cc1)c1ccc(OCCc2cnc3ncnn3c2)c(C#N)c1. The van der Waals surface area contributed by atoms with Crippen molar-refractivity contribution >= 4 is 35.7 Å². The summed E-state index contributed by atoms with van der Waals surface area (Å²) in [6.45, 7) is 9.85. The number of nitrogens with zero attached hydrogens (tertiary/aromatic N) is 10. The first-order valence-corrected chi connectivity index (χ1v) is 14.4. The van der Waals surface area contributed by atoms with Crippen LogP contribution in [0.15, 0.2) is 76.2 Å². The summed E-state index contributed by atoms with van der Waals surface area (Å²) in [5, 5.41) is 17.2. The van der Waals surface area contributed by atoms with E-state index in [1.807, 2.05) is 18.3 Å². The van der Waals surface area contributed by atoms with E-state index in [4.69, 9.17) is 9.47 Å². The summed E-state index contributed by atoms with van der Waals surface area (Å²) in [6, 6.07) is 16.3. The molecule has 2 saturated heterocycles. The van der Waals surface area contributed by atoms with Crippen LogP contribution >= 0.6 is 0 Å². The molecular formula is C31H33N11O2. The van der Waals surface area contributed by atoms with Gasteiger partial charge in [-0.05, 0) is 54.7 Å². The molecule has 0 amide bonds. The fraction of sp³-hybridized carbons (Fsp3) is 0.323. The number of guanidine groups is 1. The number of piperazine rings is 1. The van der Waals surface area contributed by atoms with Crippen molar-refractivity contribution < 1.29 is 9.47 Å². The van der Waals surface area contributed by atoms with E-state index in [0.717, 1.165) is 50.6 Å². The third-order valence-electron chi connectivity index (χ3n) is 7.71. The number of benzene rings is 2. The largest absolute Gasteiger partial charge is 0.492 e. The number of hydrogen-bond acceptors (Lipinski definition) is 9. The van der Waals surface area contributed by atoms with E-state index in [-0.39, 0.29) is 0 Å². The maximum absolute atomic E-state index is 9.81. The Balaban J connectivity index is 1.07. The van der Waals surface area contributed by atoms with E-state index >= 15 is 0 Å². The first kappa shape index (κ1) is 28.9. The molecule has 2 aliphatic heterocycles. The lowest BCUT2D eigenvalue weighted by Gasteiger charge is -2.43. The monoisotopic (exact) mass is 591 g/mol. The normalized spacial score (nSPS) is 16.4. The zero-order valence-electron chi connectivity index (χ0n) is 24.5. The number of aliphatic imine (C=N–C) groups is 3. The molecule has 0 atom stereocenters. The lowest BCUT2D eigenvalue weighted by molar-refractivity contribution is -0.0660. The molecule has 1 N–H and O–H groups in total. The Morgan fingerprint density at radius 1 is 1.14 bits per heavy atom. The van der Waals surface area contributed by atoms with Gasteiger partial charge in [0, 0.05) is 69.0 Å². The van der Waals surface area contributed by atoms with Gasteiger partial charge in [0.1, 0.15) is 18.1 Å². The van der Waals surface area contributed by atoms with Crippen molar-refractivity contribution in [1.82, 2.24) is 24.5 Å². The Kier molecular flexibility index (Phi) is 8.81. The fourth-order valence-corrected chi connectivity index (χ4v) is 5.14. The molecule has 0 radical (unpaired) electrons. The highest BCUT2D eigenvalue weighted by Crippen LogP contribution is 2.23. The maximum Gasteiger partial charge on any atom is 0.252 e. The van der Waals surface area contributed by atoms with Crippen molar-refractivity contribution in [1.29, 1.82) is 5.26 Å². The Morgan fingerprint density at radius 2 is 1.95 bits per heavy atom. The molecule has 2 aromatic carbocycles. The summed E-state index contributed by atoms with van der Waals surface area (Å²) >= 11 is 0. The van der Waals surface area contributed by atoms with Gasteiger partial charge in [-0.25, -0.2) is 14.5 Å². The number of fused-ring (bicyclic) bond motifs is 1. The van der Waals surface area contributed by atoms with Gasteiger partial charge in [0.2, 0.25) is 5.96 Å². The summed E-state index contributed by atoms with van der Waals surface area (Å²) in [5.74, 6) is 1.71. The number of nitrogens with one attached hydrogen (secondary N) is 1. The minimum absolute atomic E-state index is 0.333. The van der Waals surface area contributed by atoms with E-state index in [1.165, 1.54) is 12.0 Å². The molecule has 2 aliphatic rings. The molecule has 4 aromatic rings. The Hall–Kier alpha value is -5.19. The van der Waals surface area contributed by atoms with Crippen molar-refractivity contribution in [2.45, 2.75) is 12.5 Å². The molecule has 4 heterocycles. The molecule has 0 saturated carbocycles. The van der Waals surface area contributed by atoms with E-state index in [0.29, 0.717) is 53.5 Å². The predicted molar refractivity (Wildman–Crippen MR) is 169 cm³/mol. The molecule has 2 fully saturated rings. The van der Waals surface area contributed by atoms with Gasteiger partial charge in [0.05, 0.1) is 31.4 Å². The lowest BCUT2D eigenvalue weighted by Crippen LogP contribution is -2.56. The average molecular weight is 592 g/mol. The molecular weight excluding hydrogens is 558 g/mol. The van der Waals surface area contributed by atoms with Crippen molar-refractivity contribution in [2.75, 3.05) is 63.3 Å². The first-order chi connectivity index (χ1) is 21.6. The second-order valence-corrected chi connectivity index (χ2v) is 10.4. The minimum Gasteiger partial charge on any atom is -0.492 e. The van der Waals surface area contributed by atoms with Gasteiger partial charge in [-0.3, -0.25) is 9.89 Å². The third kappa shape index (κ3) is 6.56. The summed E-state index contributed by atoms with van der Waals surface area (Å²) in [7, 11) is 1.65. The standard InChI is InChI=1S/C31H33N11O2/c1-33-29(23-3-8-28(24(15-23)16-32)44-14-9-22-17-35-31-36-21-37-42(31)18-22)39-30(34-2)38-25-4-6-26(7-5-25)40-10-12-41(13-11-40)27-19-43-20-27/h3-8,15,17-18,21,27H,1,9-14,19-20H2,2H3,(H,34,38). The first-order valence-electron chi connectivity index (χ1n) is 14.4. The Morgan fingerprint density at radius 3 is 2.66 bits per heavy atom. The molecule has 0 spiro atoms. The van der Waals surface area contributed by atoms with Crippen LogP contribution in [0.3, 0.4) is 0 Å². The van der Waals surface area contributed by atoms with E-state index in [9.17, 15) is 5.26 Å². The highest BCUT2D eigenvalue weighted by atomic mass is 16.5. The molecule has 13 nitrogen and oxygen atoms in total. The third-order valence-corrected chi connectivity index (χ3v) is 7.71. The zero-order chi connectivity index (χ0) is 30.3. The highest BCUT2D eigenvalue weighted by molar-refractivity contribution is 6.10. The van der Waals surface area contributed by atoms with Crippen molar-refractivity contribution in [3.05, 3.63) is 77.9 Å². The Labute approximate surface area is 255 Å². The molecule has 2 aromatic heterocycles. The molecule has 13 heteroatoms. The van der Waals surface area contributed by atoms with Gasteiger partial charge in [-0.1, -0.05) is 0 Å². The fourth-order valence-electron chi connectivity index (χ4n) is 5.14. The van der Waals surface area contributed by atoms with Gasteiger partial charge in [0.15, 0.2) is 5.84 Å². The number of anilines is 2. The van der Waals surface area contributed by atoms with Gasteiger partial charge >= 0.3 is 0 Å². The lowest BCUT2D eigenvalue weighted by atomic mass is 10.1. The van der Waals surface area contributed by atoms with E-state index < -0.39 is 0 Å². The van der Waals surface area contributed by atoms with Gasteiger partial charge in [-0.2, -0.15) is 20.3 Å². The van der Waals surface area contributed by atoms with Gasteiger partial charge in [0.25, 0.3) is 5.78 Å². The summed E-state index contributed by atoms with van der Waals surface area (Å²) in [5.41, 5.74) is 3.97. The number of aromatic nitrogens is 4. The zero-order valence-corrected chi connectivity index (χ0v) is 24.5. The molecule has 0 unspecified atom stereocenters. The minimum atomic E-state index is 0.333. The number of amidine groups is 1. The van der Waals surface area contributed by atoms with Crippen LogP contribution in [0.1, 0.15) is 16.7 Å². The molecule has 6 rings (SSSR count). The van der Waals surface area contributed by atoms with E-state index in [1.54, 1.807) is 36.0 Å². The summed E-state index contributed by atoms with van der Waals surface area (Å²) in [4.78, 5) is 26.2. The second kappa shape index (κ2) is 13.4. The van der Waals surface area contributed by atoms with Gasteiger partial charge in [-0.15, -0.1) is 0 Å². The molecule has 0 aliphatic carbocycles. The molecule has 224 valence electrons. The van der Waals surface area contributed by atoms with Crippen LogP contribution < -0.4 is 15.0 Å².